The van der Waals surface area contributed by atoms with Gasteiger partial charge in [0.2, 0.25) is 0 Å². The van der Waals surface area contributed by atoms with Gasteiger partial charge in [0.25, 0.3) is 5.56 Å². The summed E-state index contributed by atoms with van der Waals surface area (Å²) in [4.78, 5) is 25.5. The van der Waals surface area contributed by atoms with Crippen LogP contribution in [0, 0.1) is 0 Å². The lowest BCUT2D eigenvalue weighted by Gasteiger charge is -2.13. The smallest absolute Gasteiger partial charge is 0.330 e. The normalized spacial score (nSPS) is 28.8. The first kappa shape index (κ1) is 11.4. The second kappa shape index (κ2) is 4.91. The number of nitrogens with zero attached hydrogens (tertiary/aromatic N) is 1. The Hall–Kier alpha value is -1.66. The molecule has 2 rings (SSSR count). The van der Waals surface area contributed by atoms with Crippen molar-refractivity contribution in [2.24, 2.45) is 0 Å². The van der Waals surface area contributed by atoms with Crippen LogP contribution in [-0.4, -0.2) is 26.9 Å². The molecule has 1 saturated heterocycles. The van der Waals surface area contributed by atoms with Crippen LogP contribution in [-0.2, 0) is 4.74 Å². The van der Waals surface area contributed by atoms with Crippen LogP contribution in [0.25, 0.3) is 6.08 Å². The Kier molecular flexibility index (Phi) is 3.12. The van der Waals surface area contributed by atoms with Crippen LogP contribution < -0.4 is 11.2 Å². The first-order valence-electron chi connectivity index (χ1n) is 6.38. The van der Waals surface area contributed by atoms with Crippen LogP contribution in [0.3, 0.4) is 0 Å². The maximum absolute atomic E-state index is 11.8. The predicted octanol–water partition coefficient (Wildman–Crippen LogP) is 0.238. The van der Waals surface area contributed by atoms with E-state index < -0.39 is 29.7 Å². The van der Waals surface area contributed by atoms with E-state index in [0.717, 1.165) is 0 Å². The molecule has 2 N–H and O–H groups in total. The molecule has 1 aromatic rings. The monoisotopic (exact) mass is 253 g/mol. The SMILES string of the molecule is [2H]C[C@H]1O[C@@H](n2cc(/C=C\C)c(=O)[nH]c2=O)CC1O. The summed E-state index contributed by atoms with van der Waals surface area (Å²) in [7, 11) is 0. The summed E-state index contributed by atoms with van der Waals surface area (Å²) in [5.74, 6) is 0. The van der Waals surface area contributed by atoms with E-state index in [9.17, 15) is 14.7 Å². The van der Waals surface area contributed by atoms with Gasteiger partial charge in [-0.1, -0.05) is 12.2 Å². The van der Waals surface area contributed by atoms with Gasteiger partial charge in [-0.15, -0.1) is 0 Å². The van der Waals surface area contributed by atoms with Gasteiger partial charge in [0.1, 0.15) is 6.23 Å². The highest BCUT2D eigenvalue weighted by molar-refractivity contribution is 5.45. The number of aliphatic hydroxyl groups excluding tert-OH is 1. The summed E-state index contributed by atoms with van der Waals surface area (Å²) in [5, 5.41) is 9.69. The molecule has 0 saturated carbocycles. The molecule has 0 bridgehead atoms. The zero-order valence-electron chi connectivity index (χ0n) is 11.0. The molecular weight excluding hydrogens is 236 g/mol. The minimum atomic E-state index is -0.772. The van der Waals surface area contributed by atoms with Crippen LogP contribution in [0.2, 0.25) is 0 Å². The number of rotatable bonds is 2. The highest BCUT2D eigenvalue weighted by atomic mass is 16.5. The molecule has 18 heavy (non-hydrogen) atoms. The van der Waals surface area contributed by atoms with Gasteiger partial charge in [-0.2, -0.15) is 0 Å². The van der Waals surface area contributed by atoms with Crippen LogP contribution in [0.15, 0.2) is 21.9 Å². The molecule has 1 unspecified atom stereocenters. The molecule has 0 aliphatic carbocycles. The molecular formula is C12H16N2O4. The van der Waals surface area contributed by atoms with Gasteiger partial charge in [0, 0.05) is 14.0 Å². The number of aromatic amines is 1. The molecule has 6 heteroatoms. The number of hydrogen-bond acceptors (Lipinski definition) is 4. The third-order valence-electron chi connectivity index (χ3n) is 2.86. The highest BCUT2D eigenvalue weighted by Crippen LogP contribution is 2.26. The molecule has 0 aromatic carbocycles. The lowest BCUT2D eigenvalue weighted by Crippen LogP contribution is -2.33. The van der Waals surface area contributed by atoms with Gasteiger partial charge in [-0.25, -0.2) is 4.79 Å². The number of nitrogens with one attached hydrogen (secondary N) is 1. The Labute approximate surface area is 105 Å². The summed E-state index contributed by atoms with van der Waals surface area (Å²) in [6.07, 6.45) is 2.88. The van der Waals surface area contributed by atoms with Crippen molar-refractivity contribution in [3.63, 3.8) is 0 Å². The number of hydrogen-bond donors (Lipinski definition) is 2. The van der Waals surface area contributed by atoms with Gasteiger partial charge < -0.3 is 9.84 Å². The first-order chi connectivity index (χ1) is 9.06. The van der Waals surface area contributed by atoms with Crippen molar-refractivity contribution in [3.8, 4) is 0 Å². The van der Waals surface area contributed by atoms with E-state index in [1.54, 1.807) is 19.1 Å². The number of H-pyrrole nitrogens is 1. The third kappa shape index (κ3) is 2.30. The fraction of sp³-hybridized carbons (Fsp3) is 0.500. The summed E-state index contributed by atoms with van der Waals surface area (Å²) >= 11 is 0. The predicted molar refractivity (Wildman–Crippen MR) is 66.2 cm³/mol. The largest absolute Gasteiger partial charge is 0.390 e. The second-order valence-electron chi connectivity index (χ2n) is 4.18. The van der Waals surface area contributed by atoms with Crippen molar-refractivity contribution in [2.45, 2.75) is 38.7 Å². The molecule has 1 aliphatic heterocycles. The minimum absolute atomic E-state index is 0.0719. The van der Waals surface area contributed by atoms with Crippen molar-refractivity contribution >= 4 is 6.08 Å². The minimum Gasteiger partial charge on any atom is -0.390 e. The summed E-state index contributed by atoms with van der Waals surface area (Å²) in [5.41, 5.74) is -0.703. The average molecular weight is 253 g/mol. The Morgan fingerprint density at radius 2 is 2.44 bits per heavy atom. The van der Waals surface area contributed by atoms with Crippen LogP contribution >= 0.6 is 0 Å². The number of aromatic nitrogens is 2. The van der Waals surface area contributed by atoms with Crippen molar-refractivity contribution in [1.82, 2.24) is 9.55 Å². The topological polar surface area (TPSA) is 84.3 Å². The Morgan fingerprint density at radius 3 is 3.06 bits per heavy atom. The van der Waals surface area contributed by atoms with Crippen LogP contribution in [0.1, 0.15) is 33.4 Å². The first-order valence-corrected chi connectivity index (χ1v) is 5.67. The molecule has 3 atom stereocenters. The fourth-order valence-corrected chi connectivity index (χ4v) is 1.90. The zero-order valence-corrected chi connectivity index (χ0v) is 10.00. The van der Waals surface area contributed by atoms with Crippen molar-refractivity contribution in [3.05, 3.63) is 38.7 Å². The summed E-state index contributed by atoms with van der Waals surface area (Å²) in [6.45, 7) is 1.69. The molecule has 1 aromatic heterocycles. The van der Waals surface area contributed by atoms with Gasteiger partial charge in [0.05, 0.1) is 17.8 Å². The zero-order chi connectivity index (χ0) is 14.0. The number of allylic oxidation sites excluding steroid dienone is 1. The van der Waals surface area contributed by atoms with Gasteiger partial charge >= 0.3 is 5.69 Å². The van der Waals surface area contributed by atoms with E-state index in [1.807, 2.05) is 0 Å². The van der Waals surface area contributed by atoms with E-state index in [4.69, 9.17) is 6.11 Å². The maximum Gasteiger partial charge on any atom is 0.330 e. The Bertz CT molecular complexity index is 592. The lowest BCUT2D eigenvalue weighted by atomic mass is 10.2. The summed E-state index contributed by atoms with van der Waals surface area (Å²) < 4.78 is 13.9. The molecule has 0 spiro atoms. The lowest BCUT2D eigenvalue weighted by molar-refractivity contribution is -0.0101. The molecule has 1 fully saturated rings. The van der Waals surface area contributed by atoms with Crippen molar-refractivity contribution in [1.29, 1.82) is 0 Å². The van der Waals surface area contributed by atoms with E-state index in [0.29, 0.717) is 5.56 Å². The quantitative estimate of drug-likeness (QED) is 0.790. The molecule has 0 amide bonds. The molecule has 6 nitrogen and oxygen atoms in total. The van der Waals surface area contributed by atoms with E-state index >= 15 is 0 Å². The Balaban J connectivity index is 2.38. The number of ether oxygens (including phenoxy) is 1. The van der Waals surface area contributed by atoms with Gasteiger partial charge in [-0.05, 0) is 13.8 Å². The second-order valence-corrected chi connectivity index (χ2v) is 4.18. The molecule has 2 heterocycles. The van der Waals surface area contributed by atoms with Gasteiger partial charge in [0.15, 0.2) is 0 Å². The van der Waals surface area contributed by atoms with Crippen LogP contribution in [0.5, 0.6) is 0 Å². The van der Waals surface area contributed by atoms with E-state index in [2.05, 4.69) is 4.98 Å². The van der Waals surface area contributed by atoms with Crippen molar-refractivity contribution in [2.75, 3.05) is 0 Å². The summed E-state index contributed by atoms with van der Waals surface area (Å²) in [6, 6.07) is 0. The Morgan fingerprint density at radius 1 is 1.67 bits per heavy atom. The third-order valence-corrected chi connectivity index (χ3v) is 2.86. The highest BCUT2D eigenvalue weighted by Gasteiger charge is 2.32. The molecule has 1 aliphatic rings. The molecule has 0 radical (unpaired) electrons. The number of aliphatic hydroxyl groups is 1. The van der Waals surface area contributed by atoms with E-state index in [-0.39, 0.29) is 13.3 Å². The molecule has 98 valence electrons. The fourth-order valence-electron chi connectivity index (χ4n) is 1.90. The standard InChI is InChI=1S/C12H16N2O4/c1-3-4-8-6-14(12(17)13-11(8)16)10-5-9(15)7(2)18-10/h3-4,6-7,9-10,15H,5H2,1-2H3,(H,13,16,17)/b4-3-/t7-,9?,10-/m1/s1/i2D. The van der Waals surface area contributed by atoms with Crippen molar-refractivity contribution < 1.29 is 11.2 Å². The van der Waals surface area contributed by atoms with Gasteiger partial charge in [-0.3, -0.25) is 14.3 Å². The van der Waals surface area contributed by atoms with Crippen LogP contribution in [0.4, 0.5) is 0 Å². The maximum atomic E-state index is 11.8. The van der Waals surface area contributed by atoms with E-state index in [1.165, 1.54) is 10.8 Å². The average Bonchev–Trinajstić information content (AvgIpc) is 2.74.